The molecule has 4 aromatic carbocycles. The number of carbonyl (C=O) groups is 6. The number of aliphatic hydroxyl groups excluding tert-OH is 2. The topological polar surface area (TPSA) is 235 Å². The highest BCUT2D eigenvalue weighted by Gasteiger charge is 2.47. The minimum atomic E-state index is -4.80. The first-order valence-electron chi connectivity index (χ1n) is 26.6. The Kier molecular flexibility index (Phi) is 19.1. The van der Waals surface area contributed by atoms with E-state index in [1.165, 1.54) is 84.3 Å². The lowest BCUT2D eigenvalue weighted by molar-refractivity contribution is -0.142. The number of nitrogens with zero attached hydrogens (tertiary/aromatic N) is 10. The van der Waals surface area contributed by atoms with E-state index in [-0.39, 0.29) is 71.2 Å². The number of amides is 6. The van der Waals surface area contributed by atoms with Crippen molar-refractivity contribution in [1.29, 1.82) is 10.5 Å². The molecule has 0 bridgehead atoms. The summed E-state index contributed by atoms with van der Waals surface area (Å²) < 4.78 is 94.6. The number of allylic oxidation sites excluding steroid dienone is 2. The number of esters is 2. The number of benzene rings is 4. The molecule has 2 unspecified atom stereocenters. The molecule has 20 nitrogen and oxygen atoms in total. The van der Waals surface area contributed by atoms with Crippen LogP contribution in [0.25, 0.3) is 0 Å². The van der Waals surface area contributed by atoms with Crippen LogP contribution >= 0.6 is 0 Å². The van der Waals surface area contributed by atoms with Crippen molar-refractivity contribution in [2.24, 2.45) is 0 Å². The predicted octanol–water partition coefficient (Wildman–Crippen LogP) is 6.04. The molecule has 4 aliphatic heterocycles. The van der Waals surface area contributed by atoms with Crippen molar-refractivity contribution in [2.45, 2.75) is 38.3 Å². The largest absolute Gasteiger partial charge is 0.460 e. The van der Waals surface area contributed by atoms with Gasteiger partial charge in [-0.15, -0.1) is 0 Å². The van der Waals surface area contributed by atoms with Gasteiger partial charge in [-0.1, -0.05) is 36.4 Å². The van der Waals surface area contributed by atoms with Crippen LogP contribution < -0.4 is 9.80 Å². The molecule has 0 spiro atoms. The molecule has 2 N–H and O–H groups in total. The van der Waals surface area contributed by atoms with E-state index in [1.807, 2.05) is 12.1 Å². The highest BCUT2D eigenvalue weighted by Crippen LogP contribution is 2.44. The van der Waals surface area contributed by atoms with Gasteiger partial charge >= 0.3 is 36.4 Å². The first-order chi connectivity index (χ1) is 40.1. The molecule has 26 heteroatoms. The van der Waals surface area contributed by atoms with Crippen LogP contribution in [0.15, 0.2) is 120 Å². The maximum absolute atomic E-state index is 14.7. The second-order valence-electron chi connectivity index (χ2n) is 20.0. The molecule has 6 amide bonds. The minimum Gasteiger partial charge on any atom is -0.460 e. The summed E-state index contributed by atoms with van der Waals surface area (Å²) in [6.45, 7) is 2.95. The van der Waals surface area contributed by atoms with Crippen LogP contribution in [0.2, 0.25) is 0 Å². The smallest absolute Gasteiger partial charge is 0.416 e. The number of hydrogen-bond donors (Lipinski definition) is 2. The molecule has 0 saturated carbocycles. The summed E-state index contributed by atoms with van der Waals surface area (Å²) in [7, 11) is 0. The molecule has 4 aliphatic rings. The molecular weight excluding hydrogens is 1110 g/mol. The van der Waals surface area contributed by atoms with Gasteiger partial charge in [0.05, 0.1) is 82.2 Å². The number of halogens is 6. The van der Waals surface area contributed by atoms with E-state index in [1.54, 1.807) is 0 Å². The Bertz CT molecular complexity index is 3070. The third-order valence-corrected chi connectivity index (χ3v) is 15.0. The number of carbonyl (C=O) groups excluding carboxylic acids is 6. The van der Waals surface area contributed by atoms with Crippen molar-refractivity contribution in [3.8, 4) is 12.1 Å². The van der Waals surface area contributed by atoms with Crippen LogP contribution in [-0.2, 0) is 41.0 Å². The zero-order chi connectivity index (χ0) is 60.6. The number of rotatable bonds is 17. The Labute approximate surface area is 478 Å². The van der Waals surface area contributed by atoms with E-state index in [0.717, 1.165) is 56.0 Å². The number of aliphatic hydroxyl groups is 2. The Morgan fingerprint density at radius 2 is 0.893 bits per heavy atom. The number of ether oxygens (including phenoxy) is 2. The first kappa shape index (κ1) is 61.3. The number of urea groups is 2. The maximum Gasteiger partial charge on any atom is 0.416 e. The van der Waals surface area contributed by atoms with Crippen LogP contribution in [0.4, 0.5) is 47.3 Å². The summed E-state index contributed by atoms with van der Waals surface area (Å²) in [4.78, 5) is 97.1. The minimum absolute atomic E-state index is 0.0840. The van der Waals surface area contributed by atoms with Crippen LogP contribution in [0.1, 0.15) is 59.3 Å². The van der Waals surface area contributed by atoms with Gasteiger partial charge in [0.2, 0.25) is 11.8 Å². The lowest BCUT2D eigenvalue weighted by Crippen LogP contribution is -2.57. The molecule has 0 aliphatic carbocycles. The molecule has 442 valence electrons. The second-order valence-corrected chi connectivity index (χ2v) is 20.0. The normalized spacial score (nSPS) is 18.5. The van der Waals surface area contributed by atoms with Crippen LogP contribution in [-0.4, -0.2) is 180 Å². The number of alkyl halides is 6. The summed E-state index contributed by atoms with van der Waals surface area (Å²) in [6.07, 6.45) is -9.59. The molecule has 4 heterocycles. The predicted molar refractivity (Wildman–Crippen MR) is 287 cm³/mol. The average molecular weight is 1170 g/mol. The third-order valence-electron chi connectivity index (χ3n) is 15.0. The van der Waals surface area contributed by atoms with Gasteiger partial charge in [-0.05, 0) is 85.6 Å². The lowest BCUT2D eigenvalue weighted by atomic mass is 9.92. The van der Waals surface area contributed by atoms with Gasteiger partial charge in [0, 0.05) is 76.8 Å². The standard InChI is InChI=1S/C58H58F6N10O10/c1-37-49(53(79)83-29-27-75)51(41-13-9-39(33-65)10-14-41)71(55(81)73(37)45-7-3-5-43(31-45)57(59,60)61)35-47(77)69-23-19-67(20-24-69)17-18-68-21-25-70(26-22-68)48(78)36-72-52(42-15-11-40(34-66)12-16-42)50(54(80)84-30-28-76)38(2)74(56(72)82)46-8-4-6-44(32-46)58(62,63)64/h3-16,31-32,51-52,75-76H,17-30,35-36H2,1-2H3. The fourth-order valence-electron chi connectivity index (χ4n) is 10.6. The van der Waals surface area contributed by atoms with Gasteiger partial charge < -0.3 is 39.3 Å². The van der Waals surface area contributed by atoms with Crippen LogP contribution in [0, 0.1) is 22.7 Å². The van der Waals surface area contributed by atoms with Gasteiger partial charge in [-0.2, -0.15) is 36.9 Å². The quantitative estimate of drug-likeness (QED) is 0.0907. The van der Waals surface area contributed by atoms with Gasteiger partial charge in [0.1, 0.15) is 26.3 Å². The number of piperazine rings is 2. The first-order valence-corrected chi connectivity index (χ1v) is 26.6. The summed E-state index contributed by atoms with van der Waals surface area (Å²) in [5.41, 5.74) is -2.11. The Balaban J connectivity index is 0.934. The highest BCUT2D eigenvalue weighted by atomic mass is 19.4. The van der Waals surface area contributed by atoms with E-state index in [4.69, 9.17) is 9.47 Å². The van der Waals surface area contributed by atoms with E-state index < -0.39 is 111 Å². The Hall–Kier alpha value is -8.82. The molecule has 2 fully saturated rings. The molecule has 2 saturated heterocycles. The highest BCUT2D eigenvalue weighted by molar-refractivity contribution is 6.06. The van der Waals surface area contributed by atoms with Gasteiger partial charge in [-0.25, -0.2) is 19.2 Å². The molecule has 0 aromatic heterocycles. The van der Waals surface area contributed by atoms with Crippen molar-refractivity contribution in [3.63, 3.8) is 0 Å². The Morgan fingerprint density at radius 1 is 0.548 bits per heavy atom. The molecule has 4 aromatic rings. The van der Waals surface area contributed by atoms with E-state index >= 15 is 0 Å². The van der Waals surface area contributed by atoms with Crippen molar-refractivity contribution in [3.05, 3.63) is 153 Å². The monoisotopic (exact) mass is 1170 g/mol. The summed E-state index contributed by atoms with van der Waals surface area (Å²) in [5, 5.41) is 38.1. The second kappa shape index (κ2) is 26.2. The third kappa shape index (κ3) is 13.5. The molecule has 8 rings (SSSR count). The van der Waals surface area contributed by atoms with Gasteiger partial charge in [0.15, 0.2) is 0 Å². The fraction of sp³-hybridized carbons (Fsp3) is 0.379. The molecule has 0 radical (unpaired) electrons. The number of nitriles is 2. The van der Waals surface area contributed by atoms with E-state index in [9.17, 15) is 75.8 Å². The SMILES string of the molecule is CC1=C(C(=O)OCCO)C(c2ccc(C#N)cc2)N(CC(=O)N2CCN(CCN3CCN(C(=O)CN4C(=O)N(c5cccc(C(F)(F)F)c5)C(C)=C(C(=O)OCCO)C4c4ccc(C#N)cc4)CC3)CC2)C(=O)N1c1cccc(C(F)(F)F)c1. The summed E-state index contributed by atoms with van der Waals surface area (Å²) in [5.74, 6) is -3.07. The van der Waals surface area contributed by atoms with Crippen molar-refractivity contribution >= 4 is 47.2 Å². The van der Waals surface area contributed by atoms with Crippen molar-refractivity contribution in [2.75, 3.05) is 115 Å². The average Bonchev–Trinajstić information content (AvgIpc) is 1.32. The van der Waals surface area contributed by atoms with E-state index in [2.05, 4.69) is 9.80 Å². The molecular formula is C58H58F6N10O10. The maximum atomic E-state index is 14.7. The zero-order valence-electron chi connectivity index (χ0n) is 45.6. The summed E-state index contributed by atoms with van der Waals surface area (Å²) in [6, 6.07) is 19.1. The molecule has 84 heavy (non-hydrogen) atoms. The van der Waals surface area contributed by atoms with Gasteiger partial charge in [-0.3, -0.25) is 29.2 Å². The number of hydrogen-bond acceptors (Lipinski definition) is 14. The van der Waals surface area contributed by atoms with E-state index in [0.29, 0.717) is 50.4 Å². The van der Waals surface area contributed by atoms with Crippen molar-refractivity contribution in [1.82, 2.24) is 29.4 Å². The lowest BCUT2D eigenvalue weighted by Gasteiger charge is -2.44. The van der Waals surface area contributed by atoms with Crippen LogP contribution in [0.5, 0.6) is 0 Å². The Morgan fingerprint density at radius 3 is 1.20 bits per heavy atom. The van der Waals surface area contributed by atoms with Crippen molar-refractivity contribution < 1.29 is 74.8 Å². The summed E-state index contributed by atoms with van der Waals surface area (Å²) >= 11 is 0. The number of anilines is 2. The fourth-order valence-corrected chi connectivity index (χ4v) is 10.6. The van der Waals surface area contributed by atoms with Crippen LogP contribution in [0.3, 0.4) is 0 Å². The zero-order valence-corrected chi connectivity index (χ0v) is 45.6. The molecule has 2 atom stereocenters. The van der Waals surface area contributed by atoms with Gasteiger partial charge in [0.25, 0.3) is 0 Å².